The Morgan fingerprint density at radius 3 is 3.00 bits per heavy atom. The maximum atomic E-state index is 4.07. The third-order valence-electron chi connectivity index (χ3n) is 1.89. The molecule has 0 bridgehead atoms. The largest absolute Gasteiger partial charge is 0.306 e. The van der Waals surface area contributed by atoms with Crippen molar-refractivity contribution in [3.8, 4) is 0 Å². The highest BCUT2D eigenvalue weighted by atomic mass is 14.9. The highest BCUT2D eigenvalue weighted by Crippen LogP contribution is 2.09. The molecule has 1 atom stereocenters. The van der Waals surface area contributed by atoms with Crippen LogP contribution in [0.5, 0.6) is 0 Å². The van der Waals surface area contributed by atoms with Crippen molar-refractivity contribution in [1.82, 2.24) is 10.3 Å². The zero-order valence-corrected chi connectivity index (χ0v) is 8.25. The van der Waals surface area contributed by atoms with Crippen molar-refractivity contribution in [1.29, 1.82) is 0 Å². The molecule has 0 aliphatic heterocycles. The van der Waals surface area contributed by atoms with Gasteiger partial charge in [-0.05, 0) is 25.5 Å². The van der Waals surface area contributed by atoms with Gasteiger partial charge in [-0.1, -0.05) is 18.2 Å². The second-order valence-electron chi connectivity index (χ2n) is 3.35. The Morgan fingerprint density at radius 2 is 2.46 bits per heavy atom. The molecule has 0 aromatic carbocycles. The van der Waals surface area contributed by atoms with Gasteiger partial charge in [0.25, 0.3) is 0 Å². The lowest BCUT2D eigenvalue weighted by Crippen LogP contribution is -2.20. The normalized spacial score (nSPS) is 12.5. The first-order valence-corrected chi connectivity index (χ1v) is 4.48. The van der Waals surface area contributed by atoms with Crippen LogP contribution >= 0.6 is 0 Å². The van der Waals surface area contributed by atoms with E-state index in [1.165, 1.54) is 5.56 Å². The number of pyridine rings is 1. The maximum absolute atomic E-state index is 4.07. The summed E-state index contributed by atoms with van der Waals surface area (Å²) in [6, 6.07) is 4.36. The van der Waals surface area contributed by atoms with Gasteiger partial charge in [0.05, 0.1) is 0 Å². The van der Waals surface area contributed by atoms with E-state index in [4.69, 9.17) is 0 Å². The van der Waals surface area contributed by atoms with Gasteiger partial charge in [-0.2, -0.15) is 0 Å². The molecule has 1 aromatic rings. The number of hydrogen-bond donors (Lipinski definition) is 1. The van der Waals surface area contributed by atoms with E-state index >= 15 is 0 Å². The van der Waals surface area contributed by atoms with Crippen LogP contribution in [0.15, 0.2) is 36.7 Å². The molecule has 1 N–H and O–H groups in total. The summed E-state index contributed by atoms with van der Waals surface area (Å²) in [5, 5.41) is 3.36. The van der Waals surface area contributed by atoms with E-state index in [0.717, 1.165) is 12.1 Å². The van der Waals surface area contributed by atoms with E-state index in [0.29, 0.717) is 6.04 Å². The van der Waals surface area contributed by atoms with E-state index in [2.05, 4.69) is 29.9 Å². The van der Waals surface area contributed by atoms with Gasteiger partial charge in [-0.25, -0.2) is 0 Å². The molecule has 0 saturated carbocycles. The number of rotatable bonds is 4. The van der Waals surface area contributed by atoms with E-state index in [-0.39, 0.29) is 0 Å². The van der Waals surface area contributed by atoms with Crippen LogP contribution in [0.2, 0.25) is 0 Å². The monoisotopic (exact) mass is 176 g/mol. The predicted molar refractivity (Wildman–Crippen MR) is 55.5 cm³/mol. The summed E-state index contributed by atoms with van der Waals surface area (Å²) in [4.78, 5) is 4.07. The second kappa shape index (κ2) is 4.77. The number of nitrogens with zero attached hydrogens (tertiary/aromatic N) is 1. The molecule has 1 heterocycles. The minimum atomic E-state index is 0.338. The summed E-state index contributed by atoms with van der Waals surface area (Å²) in [6.45, 7) is 8.84. The Labute approximate surface area is 79.7 Å². The Hall–Kier alpha value is -1.15. The lowest BCUT2D eigenvalue weighted by molar-refractivity contribution is 0.605. The van der Waals surface area contributed by atoms with Gasteiger partial charge < -0.3 is 5.32 Å². The molecule has 0 saturated heterocycles. The minimum absolute atomic E-state index is 0.338. The Morgan fingerprint density at radius 1 is 1.69 bits per heavy atom. The molecular formula is C11H16N2. The van der Waals surface area contributed by atoms with Crippen LogP contribution in [0.3, 0.4) is 0 Å². The van der Waals surface area contributed by atoms with Gasteiger partial charge >= 0.3 is 0 Å². The van der Waals surface area contributed by atoms with Crippen molar-refractivity contribution in [3.05, 3.63) is 42.2 Å². The standard InChI is InChI=1S/C11H16N2/c1-9(2)7-13-10(3)11-5-4-6-12-8-11/h4-6,8,10,13H,1,7H2,2-3H3/t10-/m1/s1. The van der Waals surface area contributed by atoms with Crippen LogP contribution in [0, 0.1) is 0 Å². The molecule has 13 heavy (non-hydrogen) atoms. The van der Waals surface area contributed by atoms with Crippen LogP contribution < -0.4 is 5.32 Å². The van der Waals surface area contributed by atoms with Crippen molar-refractivity contribution in [2.45, 2.75) is 19.9 Å². The lowest BCUT2D eigenvalue weighted by Gasteiger charge is -2.13. The summed E-state index contributed by atoms with van der Waals surface area (Å²) < 4.78 is 0. The molecule has 0 aliphatic rings. The smallest absolute Gasteiger partial charge is 0.0315 e. The lowest BCUT2D eigenvalue weighted by atomic mass is 10.1. The van der Waals surface area contributed by atoms with Gasteiger partial charge in [0.15, 0.2) is 0 Å². The number of nitrogens with one attached hydrogen (secondary N) is 1. The molecule has 1 aromatic heterocycles. The highest BCUT2D eigenvalue weighted by molar-refractivity contribution is 5.13. The average molecular weight is 176 g/mol. The van der Waals surface area contributed by atoms with E-state index < -0.39 is 0 Å². The third kappa shape index (κ3) is 3.38. The molecular weight excluding hydrogens is 160 g/mol. The molecule has 2 nitrogen and oxygen atoms in total. The van der Waals surface area contributed by atoms with Crippen LogP contribution in [0.4, 0.5) is 0 Å². The van der Waals surface area contributed by atoms with Crippen molar-refractivity contribution >= 4 is 0 Å². The van der Waals surface area contributed by atoms with Gasteiger partial charge in [-0.3, -0.25) is 4.98 Å². The van der Waals surface area contributed by atoms with Crippen molar-refractivity contribution in [2.75, 3.05) is 6.54 Å². The summed E-state index contributed by atoms with van der Waals surface area (Å²) in [5.74, 6) is 0. The van der Waals surface area contributed by atoms with Crippen LogP contribution in [-0.4, -0.2) is 11.5 Å². The molecule has 0 unspecified atom stereocenters. The summed E-state index contributed by atoms with van der Waals surface area (Å²) in [5.41, 5.74) is 2.36. The Kier molecular flexibility index (Phi) is 3.65. The zero-order valence-electron chi connectivity index (χ0n) is 8.25. The van der Waals surface area contributed by atoms with Crippen LogP contribution in [-0.2, 0) is 0 Å². The molecule has 2 heteroatoms. The molecule has 0 fully saturated rings. The zero-order chi connectivity index (χ0) is 9.68. The van der Waals surface area contributed by atoms with Crippen molar-refractivity contribution < 1.29 is 0 Å². The van der Waals surface area contributed by atoms with E-state index in [9.17, 15) is 0 Å². The topological polar surface area (TPSA) is 24.9 Å². The SMILES string of the molecule is C=C(C)CN[C@H](C)c1cccnc1. The minimum Gasteiger partial charge on any atom is -0.306 e. The average Bonchev–Trinajstić information content (AvgIpc) is 2.15. The van der Waals surface area contributed by atoms with Gasteiger partial charge in [0, 0.05) is 25.0 Å². The molecule has 0 amide bonds. The Balaban J connectivity index is 2.49. The predicted octanol–water partition coefficient (Wildman–Crippen LogP) is 2.31. The van der Waals surface area contributed by atoms with Crippen molar-refractivity contribution in [3.63, 3.8) is 0 Å². The van der Waals surface area contributed by atoms with Crippen LogP contribution in [0.1, 0.15) is 25.5 Å². The molecule has 0 aliphatic carbocycles. The molecule has 1 rings (SSSR count). The molecule has 0 spiro atoms. The fourth-order valence-electron chi connectivity index (χ4n) is 1.08. The van der Waals surface area contributed by atoms with Crippen LogP contribution in [0.25, 0.3) is 0 Å². The molecule has 70 valence electrons. The Bertz CT molecular complexity index is 267. The summed E-state index contributed by atoms with van der Waals surface area (Å²) in [6.07, 6.45) is 3.67. The maximum Gasteiger partial charge on any atom is 0.0315 e. The summed E-state index contributed by atoms with van der Waals surface area (Å²) in [7, 11) is 0. The first-order chi connectivity index (χ1) is 6.20. The quantitative estimate of drug-likeness (QED) is 0.712. The number of hydrogen-bond acceptors (Lipinski definition) is 2. The first-order valence-electron chi connectivity index (χ1n) is 4.48. The number of aromatic nitrogens is 1. The van der Waals surface area contributed by atoms with Crippen molar-refractivity contribution in [2.24, 2.45) is 0 Å². The highest BCUT2D eigenvalue weighted by Gasteiger charge is 2.02. The second-order valence-corrected chi connectivity index (χ2v) is 3.35. The van der Waals surface area contributed by atoms with Gasteiger partial charge in [0.2, 0.25) is 0 Å². The fraction of sp³-hybridized carbons (Fsp3) is 0.364. The van der Waals surface area contributed by atoms with E-state index in [1.807, 2.05) is 19.2 Å². The third-order valence-corrected chi connectivity index (χ3v) is 1.89. The van der Waals surface area contributed by atoms with Gasteiger partial charge in [0.1, 0.15) is 0 Å². The fourth-order valence-corrected chi connectivity index (χ4v) is 1.08. The van der Waals surface area contributed by atoms with E-state index in [1.54, 1.807) is 6.20 Å². The summed E-state index contributed by atoms with van der Waals surface area (Å²) >= 11 is 0. The first kappa shape index (κ1) is 9.93. The molecule has 0 radical (unpaired) electrons. The van der Waals surface area contributed by atoms with Gasteiger partial charge in [-0.15, -0.1) is 0 Å².